The van der Waals surface area contributed by atoms with Crippen molar-refractivity contribution in [2.24, 2.45) is 0 Å². The maximum atomic E-state index is 12.1. The van der Waals surface area contributed by atoms with E-state index in [9.17, 15) is 4.79 Å². The molecule has 0 aliphatic carbocycles. The zero-order chi connectivity index (χ0) is 13.0. The third-order valence-electron chi connectivity index (χ3n) is 2.87. The third-order valence-corrected chi connectivity index (χ3v) is 3.57. The van der Waals surface area contributed by atoms with E-state index in [1.807, 2.05) is 25.1 Å². The maximum Gasteiger partial charge on any atom is 0.252 e. The molecular formula is C13H17BrN2O2. The molecule has 2 rings (SSSR count). The highest BCUT2D eigenvalue weighted by molar-refractivity contribution is 9.10. The summed E-state index contributed by atoms with van der Waals surface area (Å²) >= 11 is 3.40. The van der Waals surface area contributed by atoms with E-state index in [0.29, 0.717) is 18.7 Å². The summed E-state index contributed by atoms with van der Waals surface area (Å²) in [7, 11) is 0. The van der Waals surface area contributed by atoms with Crippen LogP contribution in [0, 0.1) is 6.92 Å². The van der Waals surface area contributed by atoms with Gasteiger partial charge in [0.25, 0.3) is 5.91 Å². The molecular weight excluding hydrogens is 296 g/mol. The summed E-state index contributed by atoms with van der Waals surface area (Å²) in [5.74, 6) is -0.0575. The van der Waals surface area contributed by atoms with Crippen LogP contribution >= 0.6 is 15.9 Å². The molecule has 0 bridgehead atoms. The zero-order valence-electron chi connectivity index (χ0n) is 10.3. The first-order valence-electron chi connectivity index (χ1n) is 6.02. The van der Waals surface area contributed by atoms with E-state index in [4.69, 9.17) is 4.74 Å². The first-order chi connectivity index (χ1) is 8.66. The smallest absolute Gasteiger partial charge is 0.252 e. The molecule has 2 N–H and O–H groups in total. The molecule has 1 saturated heterocycles. The van der Waals surface area contributed by atoms with Gasteiger partial charge in [0, 0.05) is 23.6 Å². The standard InChI is InChI=1S/C13H17BrN2O2/c1-9-2-3-12(14)11(6-9)13(17)16-7-10-8-18-5-4-15-10/h2-3,6,10,15H,4-5,7-8H2,1H3,(H,16,17). The Hall–Kier alpha value is -0.910. The van der Waals surface area contributed by atoms with Crippen molar-refractivity contribution in [3.8, 4) is 0 Å². The summed E-state index contributed by atoms with van der Waals surface area (Å²) in [6, 6.07) is 5.94. The van der Waals surface area contributed by atoms with Crippen molar-refractivity contribution < 1.29 is 9.53 Å². The van der Waals surface area contributed by atoms with Crippen LogP contribution in [0.2, 0.25) is 0 Å². The van der Waals surface area contributed by atoms with Gasteiger partial charge in [-0.25, -0.2) is 0 Å². The average molecular weight is 313 g/mol. The van der Waals surface area contributed by atoms with Crippen LogP contribution in [-0.4, -0.2) is 38.3 Å². The highest BCUT2D eigenvalue weighted by Gasteiger charge is 2.15. The number of carbonyl (C=O) groups is 1. The van der Waals surface area contributed by atoms with Crippen molar-refractivity contribution in [3.63, 3.8) is 0 Å². The number of halogens is 1. The number of morpholine rings is 1. The summed E-state index contributed by atoms with van der Waals surface area (Å²) in [6.07, 6.45) is 0. The van der Waals surface area contributed by atoms with Crippen LogP contribution in [0.4, 0.5) is 0 Å². The van der Waals surface area contributed by atoms with Crippen LogP contribution in [0.5, 0.6) is 0 Å². The third kappa shape index (κ3) is 3.54. The number of rotatable bonds is 3. The molecule has 1 amide bonds. The molecule has 1 atom stereocenters. The van der Waals surface area contributed by atoms with E-state index in [0.717, 1.165) is 23.2 Å². The van der Waals surface area contributed by atoms with E-state index in [1.54, 1.807) is 0 Å². The van der Waals surface area contributed by atoms with Crippen LogP contribution in [0.15, 0.2) is 22.7 Å². The molecule has 0 aromatic heterocycles. The number of nitrogens with one attached hydrogen (secondary N) is 2. The van der Waals surface area contributed by atoms with Crippen molar-refractivity contribution in [2.45, 2.75) is 13.0 Å². The van der Waals surface area contributed by atoms with Gasteiger partial charge in [-0.1, -0.05) is 11.6 Å². The Kier molecular flexibility index (Phi) is 4.74. The van der Waals surface area contributed by atoms with Crippen LogP contribution in [-0.2, 0) is 4.74 Å². The minimum Gasteiger partial charge on any atom is -0.378 e. The molecule has 1 unspecified atom stereocenters. The summed E-state index contributed by atoms with van der Waals surface area (Å²) in [5.41, 5.74) is 1.74. The summed E-state index contributed by atoms with van der Waals surface area (Å²) in [6.45, 7) is 4.79. The minimum absolute atomic E-state index is 0.0575. The molecule has 1 heterocycles. The fourth-order valence-electron chi connectivity index (χ4n) is 1.88. The van der Waals surface area contributed by atoms with E-state index in [2.05, 4.69) is 26.6 Å². The van der Waals surface area contributed by atoms with Gasteiger partial charge in [0.05, 0.1) is 18.8 Å². The molecule has 0 saturated carbocycles. The topological polar surface area (TPSA) is 50.4 Å². The predicted octanol–water partition coefficient (Wildman–Crippen LogP) is 1.48. The Balaban J connectivity index is 1.92. The fourth-order valence-corrected chi connectivity index (χ4v) is 2.30. The quantitative estimate of drug-likeness (QED) is 0.889. The van der Waals surface area contributed by atoms with Crippen LogP contribution < -0.4 is 10.6 Å². The zero-order valence-corrected chi connectivity index (χ0v) is 11.9. The normalized spacial score (nSPS) is 19.6. The number of hydrogen-bond acceptors (Lipinski definition) is 3. The van der Waals surface area contributed by atoms with Gasteiger partial charge in [-0.05, 0) is 35.0 Å². The Bertz CT molecular complexity index is 431. The van der Waals surface area contributed by atoms with Gasteiger partial charge >= 0.3 is 0 Å². The second kappa shape index (κ2) is 6.31. The van der Waals surface area contributed by atoms with Gasteiger partial charge in [-0.3, -0.25) is 4.79 Å². The molecule has 0 spiro atoms. The number of ether oxygens (including phenoxy) is 1. The largest absolute Gasteiger partial charge is 0.378 e. The molecule has 1 aromatic rings. The first-order valence-corrected chi connectivity index (χ1v) is 6.81. The van der Waals surface area contributed by atoms with E-state index >= 15 is 0 Å². The molecule has 5 heteroatoms. The van der Waals surface area contributed by atoms with Crippen molar-refractivity contribution in [3.05, 3.63) is 33.8 Å². The highest BCUT2D eigenvalue weighted by atomic mass is 79.9. The Morgan fingerprint density at radius 2 is 2.44 bits per heavy atom. The maximum absolute atomic E-state index is 12.1. The van der Waals surface area contributed by atoms with Crippen LogP contribution in [0.1, 0.15) is 15.9 Å². The Morgan fingerprint density at radius 1 is 1.61 bits per heavy atom. The van der Waals surface area contributed by atoms with Gasteiger partial charge < -0.3 is 15.4 Å². The lowest BCUT2D eigenvalue weighted by molar-refractivity contribution is 0.0734. The molecule has 1 aliphatic rings. The predicted molar refractivity (Wildman–Crippen MR) is 73.8 cm³/mol. The summed E-state index contributed by atoms with van der Waals surface area (Å²) in [4.78, 5) is 12.1. The molecule has 98 valence electrons. The molecule has 1 aliphatic heterocycles. The van der Waals surface area contributed by atoms with Crippen LogP contribution in [0.3, 0.4) is 0 Å². The number of benzene rings is 1. The monoisotopic (exact) mass is 312 g/mol. The van der Waals surface area contributed by atoms with Crippen molar-refractivity contribution in [1.82, 2.24) is 10.6 Å². The average Bonchev–Trinajstić information content (AvgIpc) is 2.40. The lowest BCUT2D eigenvalue weighted by Crippen LogP contribution is -2.48. The molecule has 0 radical (unpaired) electrons. The van der Waals surface area contributed by atoms with Gasteiger partial charge in [0.1, 0.15) is 0 Å². The first kappa shape index (κ1) is 13.5. The van der Waals surface area contributed by atoms with Gasteiger partial charge in [-0.15, -0.1) is 0 Å². The second-order valence-electron chi connectivity index (χ2n) is 4.42. The molecule has 1 aromatic carbocycles. The van der Waals surface area contributed by atoms with Crippen molar-refractivity contribution >= 4 is 21.8 Å². The van der Waals surface area contributed by atoms with E-state index in [1.165, 1.54) is 0 Å². The fraction of sp³-hybridized carbons (Fsp3) is 0.462. The number of hydrogen-bond donors (Lipinski definition) is 2. The SMILES string of the molecule is Cc1ccc(Br)c(C(=O)NCC2COCCN2)c1. The van der Waals surface area contributed by atoms with Gasteiger partial charge in [0.15, 0.2) is 0 Å². The Labute approximate surface area is 115 Å². The second-order valence-corrected chi connectivity index (χ2v) is 5.27. The van der Waals surface area contributed by atoms with Gasteiger partial charge in [-0.2, -0.15) is 0 Å². The summed E-state index contributed by atoms with van der Waals surface area (Å²) < 4.78 is 6.16. The number of amides is 1. The van der Waals surface area contributed by atoms with E-state index < -0.39 is 0 Å². The van der Waals surface area contributed by atoms with Crippen LogP contribution in [0.25, 0.3) is 0 Å². The molecule has 1 fully saturated rings. The summed E-state index contributed by atoms with van der Waals surface area (Å²) in [5, 5.41) is 6.23. The number of carbonyl (C=O) groups excluding carboxylic acids is 1. The number of aryl methyl sites for hydroxylation is 1. The van der Waals surface area contributed by atoms with Gasteiger partial charge in [0.2, 0.25) is 0 Å². The highest BCUT2D eigenvalue weighted by Crippen LogP contribution is 2.17. The minimum atomic E-state index is -0.0575. The molecule has 4 nitrogen and oxygen atoms in total. The van der Waals surface area contributed by atoms with Crippen molar-refractivity contribution in [1.29, 1.82) is 0 Å². The Morgan fingerprint density at radius 3 is 3.17 bits per heavy atom. The lowest BCUT2D eigenvalue weighted by Gasteiger charge is -2.24. The molecule has 18 heavy (non-hydrogen) atoms. The van der Waals surface area contributed by atoms with E-state index in [-0.39, 0.29) is 11.9 Å². The van der Waals surface area contributed by atoms with Crippen molar-refractivity contribution in [2.75, 3.05) is 26.3 Å². The lowest BCUT2D eigenvalue weighted by atomic mass is 10.1.